The zero-order chi connectivity index (χ0) is 15.5. The highest BCUT2D eigenvalue weighted by atomic mass is 35.5. The summed E-state index contributed by atoms with van der Waals surface area (Å²) in [6.07, 6.45) is 5.31. The molecule has 1 aliphatic heterocycles. The Bertz CT molecular complexity index is 591. The van der Waals surface area contributed by atoms with E-state index < -0.39 is 0 Å². The van der Waals surface area contributed by atoms with Gasteiger partial charge in [0, 0.05) is 30.6 Å². The molecule has 0 radical (unpaired) electrons. The fourth-order valence-corrected chi connectivity index (χ4v) is 3.16. The number of hydrogen-bond donors (Lipinski definition) is 3. The van der Waals surface area contributed by atoms with E-state index in [-0.39, 0.29) is 30.6 Å². The number of para-hydroxylation sites is 1. The molecule has 22 heavy (non-hydrogen) atoms. The summed E-state index contributed by atoms with van der Waals surface area (Å²) in [7, 11) is 0. The first kappa shape index (κ1) is 15.2. The van der Waals surface area contributed by atoms with E-state index in [0.29, 0.717) is 23.8 Å². The van der Waals surface area contributed by atoms with Gasteiger partial charge in [-0.3, -0.25) is 0 Å². The maximum Gasteiger partial charge on any atom is 0.315 e. The summed E-state index contributed by atoms with van der Waals surface area (Å²) < 4.78 is 5.59. The van der Waals surface area contributed by atoms with Crippen molar-refractivity contribution in [2.75, 3.05) is 13.2 Å². The Morgan fingerprint density at radius 3 is 3.00 bits per heavy atom. The molecule has 2 amide bonds. The number of carbonyl (C=O) groups is 1. The standard InChI is InChI=1S/C16H19ClN2O3/c17-13-3-1-2-12-14(6-7-22-15(12)13)19-16(21)18-11-5-4-10(8-11)9-20/h1-5,10-11,14,20H,6-9H2,(H2,18,19,21)/t10-,11+,14+/m0/s1. The molecular formula is C16H19ClN2O3. The van der Waals surface area contributed by atoms with Gasteiger partial charge in [-0.05, 0) is 12.5 Å². The molecule has 6 heteroatoms. The third-order valence-corrected chi connectivity index (χ3v) is 4.35. The lowest BCUT2D eigenvalue weighted by Gasteiger charge is -2.27. The zero-order valence-electron chi connectivity index (χ0n) is 12.1. The molecule has 1 aliphatic carbocycles. The molecule has 0 saturated heterocycles. The van der Waals surface area contributed by atoms with E-state index in [4.69, 9.17) is 21.4 Å². The molecule has 0 saturated carbocycles. The van der Waals surface area contributed by atoms with Crippen molar-refractivity contribution in [3.8, 4) is 5.75 Å². The van der Waals surface area contributed by atoms with Crippen molar-refractivity contribution in [3.05, 3.63) is 40.9 Å². The van der Waals surface area contributed by atoms with E-state index in [1.165, 1.54) is 0 Å². The predicted molar refractivity (Wildman–Crippen MR) is 84.1 cm³/mol. The van der Waals surface area contributed by atoms with Crippen LogP contribution in [0.15, 0.2) is 30.4 Å². The number of carbonyl (C=O) groups excluding carboxylic acids is 1. The number of halogens is 1. The average Bonchev–Trinajstić information content (AvgIpc) is 2.96. The Balaban J connectivity index is 1.61. The largest absolute Gasteiger partial charge is 0.492 e. The Morgan fingerprint density at radius 2 is 2.23 bits per heavy atom. The Kier molecular flexibility index (Phi) is 4.55. The van der Waals surface area contributed by atoms with Crippen molar-refractivity contribution in [3.63, 3.8) is 0 Å². The lowest BCUT2D eigenvalue weighted by molar-refractivity contribution is 0.218. The third-order valence-electron chi connectivity index (χ3n) is 4.05. The first-order valence-electron chi connectivity index (χ1n) is 7.45. The van der Waals surface area contributed by atoms with E-state index in [2.05, 4.69) is 10.6 Å². The van der Waals surface area contributed by atoms with E-state index in [1.54, 1.807) is 6.07 Å². The highest BCUT2D eigenvalue weighted by Gasteiger charge is 2.26. The van der Waals surface area contributed by atoms with Crippen molar-refractivity contribution in [2.45, 2.75) is 24.9 Å². The number of ether oxygens (including phenoxy) is 1. The monoisotopic (exact) mass is 322 g/mol. The highest BCUT2D eigenvalue weighted by molar-refractivity contribution is 6.32. The number of aliphatic hydroxyl groups is 1. The van der Waals surface area contributed by atoms with E-state index >= 15 is 0 Å². The van der Waals surface area contributed by atoms with Crippen LogP contribution in [0, 0.1) is 5.92 Å². The average molecular weight is 323 g/mol. The summed E-state index contributed by atoms with van der Waals surface area (Å²) in [6, 6.07) is 5.20. The topological polar surface area (TPSA) is 70.6 Å². The first-order valence-corrected chi connectivity index (χ1v) is 7.82. The minimum atomic E-state index is -0.217. The van der Waals surface area contributed by atoms with Crippen molar-refractivity contribution in [2.24, 2.45) is 5.92 Å². The Morgan fingerprint density at radius 1 is 1.36 bits per heavy atom. The van der Waals surface area contributed by atoms with Crippen molar-refractivity contribution in [1.82, 2.24) is 10.6 Å². The van der Waals surface area contributed by atoms with Crippen LogP contribution in [0.3, 0.4) is 0 Å². The third kappa shape index (κ3) is 3.20. The number of fused-ring (bicyclic) bond motifs is 1. The summed E-state index contributed by atoms with van der Waals surface area (Å²) in [5, 5.41) is 15.6. The lowest BCUT2D eigenvalue weighted by Crippen LogP contribution is -2.43. The maximum atomic E-state index is 12.2. The fraction of sp³-hybridized carbons (Fsp3) is 0.438. The Hall–Kier alpha value is -1.72. The van der Waals surface area contributed by atoms with Crippen LogP contribution in [0.5, 0.6) is 5.75 Å². The molecule has 1 aromatic rings. The van der Waals surface area contributed by atoms with Crippen LogP contribution in [0.1, 0.15) is 24.4 Å². The molecule has 0 bridgehead atoms. The molecular weight excluding hydrogens is 304 g/mol. The van der Waals surface area contributed by atoms with E-state index in [0.717, 1.165) is 12.0 Å². The predicted octanol–water partition coefficient (Wildman–Crippen LogP) is 2.40. The summed E-state index contributed by atoms with van der Waals surface area (Å²) >= 11 is 6.13. The molecule has 1 aromatic carbocycles. The van der Waals surface area contributed by atoms with Crippen molar-refractivity contribution < 1.29 is 14.6 Å². The molecule has 2 aliphatic rings. The van der Waals surface area contributed by atoms with Crippen LogP contribution < -0.4 is 15.4 Å². The summed E-state index contributed by atoms with van der Waals surface area (Å²) in [5.41, 5.74) is 0.907. The number of urea groups is 1. The minimum absolute atomic E-state index is 0.0316. The highest BCUT2D eigenvalue weighted by Crippen LogP contribution is 2.37. The van der Waals surface area contributed by atoms with Gasteiger partial charge in [0.25, 0.3) is 0 Å². The number of aliphatic hydroxyl groups excluding tert-OH is 1. The molecule has 3 atom stereocenters. The summed E-state index contributed by atoms with van der Waals surface area (Å²) in [4.78, 5) is 12.2. The van der Waals surface area contributed by atoms with Gasteiger partial charge in [0.1, 0.15) is 5.75 Å². The first-order chi connectivity index (χ1) is 10.7. The lowest BCUT2D eigenvalue weighted by atomic mass is 10.0. The van der Waals surface area contributed by atoms with Crippen LogP contribution >= 0.6 is 11.6 Å². The van der Waals surface area contributed by atoms with Gasteiger partial charge in [-0.2, -0.15) is 0 Å². The van der Waals surface area contributed by atoms with Crippen LogP contribution in [-0.4, -0.2) is 30.4 Å². The molecule has 5 nitrogen and oxygen atoms in total. The van der Waals surface area contributed by atoms with Crippen LogP contribution in [0.4, 0.5) is 4.79 Å². The van der Waals surface area contributed by atoms with Gasteiger partial charge < -0.3 is 20.5 Å². The van der Waals surface area contributed by atoms with Crippen LogP contribution in [0.25, 0.3) is 0 Å². The SMILES string of the molecule is O=C(N[C@@H]1C=C[C@H](CO)C1)N[C@@H]1CCOc2c(Cl)cccc21. The van der Waals surface area contributed by atoms with Gasteiger partial charge in [-0.1, -0.05) is 35.9 Å². The molecule has 1 heterocycles. The number of nitrogens with one attached hydrogen (secondary N) is 2. The number of hydrogen-bond acceptors (Lipinski definition) is 3. The molecule has 3 rings (SSSR count). The van der Waals surface area contributed by atoms with E-state index in [1.807, 2.05) is 24.3 Å². The van der Waals surface area contributed by atoms with Gasteiger partial charge in [0.05, 0.1) is 17.7 Å². The van der Waals surface area contributed by atoms with Gasteiger partial charge in [0.15, 0.2) is 0 Å². The van der Waals surface area contributed by atoms with Crippen molar-refractivity contribution >= 4 is 17.6 Å². The van der Waals surface area contributed by atoms with E-state index in [9.17, 15) is 4.79 Å². The fourth-order valence-electron chi connectivity index (χ4n) is 2.92. The van der Waals surface area contributed by atoms with Gasteiger partial charge >= 0.3 is 6.03 Å². The van der Waals surface area contributed by atoms with Crippen LogP contribution in [0.2, 0.25) is 5.02 Å². The Labute approximate surface area is 134 Å². The number of benzene rings is 1. The maximum absolute atomic E-state index is 12.2. The van der Waals surface area contributed by atoms with Gasteiger partial charge in [-0.25, -0.2) is 4.79 Å². The normalized spacial score (nSPS) is 26.2. The molecule has 0 unspecified atom stereocenters. The molecule has 0 aromatic heterocycles. The quantitative estimate of drug-likeness (QED) is 0.748. The zero-order valence-corrected chi connectivity index (χ0v) is 12.8. The molecule has 0 spiro atoms. The minimum Gasteiger partial charge on any atom is -0.492 e. The molecule has 0 fully saturated rings. The molecule has 3 N–H and O–H groups in total. The van der Waals surface area contributed by atoms with Gasteiger partial charge in [0.2, 0.25) is 0 Å². The second-order valence-electron chi connectivity index (χ2n) is 5.64. The smallest absolute Gasteiger partial charge is 0.315 e. The van der Waals surface area contributed by atoms with Crippen molar-refractivity contribution in [1.29, 1.82) is 0 Å². The molecule has 118 valence electrons. The second kappa shape index (κ2) is 6.58. The number of amides is 2. The second-order valence-corrected chi connectivity index (χ2v) is 6.04. The van der Waals surface area contributed by atoms with Crippen LogP contribution in [-0.2, 0) is 0 Å². The summed E-state index contributed by atoms with van der Waals surface area (Å²) in [6.45, 7) is 0.639. The van der Waals surface area contributed by atoms with Gasteiger partial charge in [-0.15, -0.1) is 0 Å². The summed E-state index contributed by atoms with van der Waals surface area (Å²) in [5.74, 6) is 0.787. The number of rotatable bonds is 3.